The van der Waals surface area contributed by atoms with Crippen molar-refractivity contribution in [1.82, 2.24) is 14.8 Å². The maximum absolute atomic E-state index is 13.5. The topological polar surface area (TPSA) is 126 Å². The Morgan fingerprint density at radius 3 is 2.53 bits per heavy atom. The number of nitrogens with zero attached hydrogens (tertiary/aromatic N) is 2. The zero-order valence-electron chi connectivity index (χ0n) is 17.9. The first kappa shape index (κ1) is 21.6. The van der Waals surface area contributed by atoms with Crippen LogP contribution in [-0.2, 0) is 17.7 Å². The maximum Gasteiger partial charge on any atom is 0.282 e. The van der Waals surface area contributed by atoms with Crippen LogP contribution < -0.4 is 10.5 Å². The van der Waals surface area contributed by atoms with E-state index in [1.54, 1.807) is 24.4 Å². The summed E-state index contributed by atoms with van der Waals surface area (Å²) in [6.45, 7) is 0. The predicted octanol–water partition coefficient (Wildman–Crippen LogP) is 4.44. The Labute approximate surface area is 197 Å². The lowest BCUT2D eigenvalue weighted by Gasteiger charge is -2.07. The normalized spacial score (nSPS) is 12.0. The number of aromatic nitrogens is 3. The van der Waals surface area contributed by atoms with Crippen LogP contribution in [0, 0.1) is 0 Å². The molecule has 0 bridgehead atoms. The Kier molecular flexibility index (Phi) is 5.70. The van der Waals surface area contributed by atoms with Crippen LogP contribution >= 0.6 is 0 Å². The molecule has 0 aliphatic carbocycles. The highest BCUT2D eigenvalue weighted by Crippen LogP contribution is 2.31. The Hall–Kier alpha value is -4.21. The van der Waals surface area contributed by atoms with Gasteiger partial charge in [0.2, 0.25) is 0 Å². The number of benzene rings is 3. The number of anilines is 2. The van der Waals surface area contributed by atoms with E-state index in [9.17, 15) is 9.00 Å². The first-order chi connectivity index (χ1) is 16.5. The maximum atomic E-state index is 13.5. The molecule has 5 N–H and O–H groups in total. The van der Waals surface area contributed by atoms with E-state index < -0.39 is 11.3 Å². The van der Waals surface area contributed by atoms with Crippen LogP contribution in [0.1, 0.15) is 21.5 Å². The number of nitrogens with two attached hydrogens (primary N) is 1. The van der Waals surface area contributed by atoms with E-state index in [2.05, 4.69) is 14.8 Å². The lowest BCUT2D eigenvalue weighted by molar-refractivity contribution is 0.0949. The number of rotatable bonds is 6. The number of nitrogens with one attached hydrogen (secondary N) is 2. The van der Waals surface area contributed by atoms with Crippen molar-refractivity contribution in [3.05, 3.63) is 102 Å². The van der Waals surface area contributed by atoms with Crippen LogP contribution in [0.4, 0.5) is 11.5 Å². The molecule has 34 heavy (non-hydrogen) atoms. The van der Waals surface area contributed by atoms with Gasteiger partial charge in [0.1, 0.15) is 5.82 Å². The van der Waals surface area contributed by atoms with Gasteiger partial charge in [-0.3, -0.25) is 14.1 Å². The average Bonchev–Trinajstić information content (AvgIpc) is 3.45. The molecule has 1 unspecified atom stereocenters. The second kappa shape index (κ2) is 8.97. The first-order valence-corrected chi connectivity index (χ1v) is 11.6. The number of nitrogen functional groups attached to an aromatic ring is 1. The molecule has 1 atom stereocenters. The van der Waals surface area contributed by atoms with Crippen molar-refractivity contribution in [2.75, 3.05) is 10.5 Å². The quantitative estimate of drug-likeness (QED) is 0.272. The number of hydrogen-bond acceptors (Lipinski definition) is 4. The van der Waals surface area contributed by atoms with E-state index in [1.165, 1.54) is 4.68 Å². The highest BCUT2D eigenvalue weighted by Gasteiger charge is 2.23. The van der Waals surface area contributed by atoms with Crippen molar-refractivity contribution in [2.45, 2.75) is 6.42 Å². The fourth-order valence-corrected chi connectivity index (χ4v) is 4.33. The molecule has 0 aliphatic heterocycles. The van der Waals surface area contributed by atoms with Crippen LogP contribution in [0.2, 0.25) is 0 Å². The van der Waals surface area contributed by atoms with Crippen LogP contribution in [0.25, 0.3) is 22.2 Å². The fraction of sp³-hybridized carbons (Fsp3) is 0.0400. The summed E-state index contributed by atoms with van der Waals surface area (Å²) in [6, 6.07) is 24.1. The molecule has 170 valence electrons. The molecule has 8 nitrogen and oxygen atoms in total. The van der Waals surface area contributed by atoms with Gasteiger partial charge in [-0.1, -0.05) is 54.6 Å². The number of aromatic amines is 1. The molecule has 0 saturated carbocycles. The van der Waals surface area contributed by atoms with Gasteiger partial charge in [-0.2, -0.15) is 9.78 Å². The Balaban J connectivity index is 1.58. The highest BCUT2D eigenvalue weighted by molar-refractivity contribution is 7.80. The summed E-state index contributed by atoms with van der Waals surface area (Å²) in [6.07, 6.45) is 2.22. The van der Waals surface area contributed by atoms with Crippen LogP contribution in [-0.4, -0.2) is 29.4 Å². The second-order valence-corrected chi connectivity index (χ2v) is 8.47. The minimum atomic E-state index is -2.14. The minimum Gasteiger partial charge on any atom is -0.383 e. The molecule has 3 aromatic carbocycles. The van der Waals surface area contributed by atoms with Gasteiger partial charge in [0, 0.05) is 34.8 Å². The van der Waals surface area contributed by atoms with Gasteiger partial charge in [0.05, 0.1) is 16.8 Å². The summed E-state index contributed by atoms with van der Waals surface area (Å²) in [4.78, 5) is 16.6. The number of carbonyl (C=O) groups is 1. The number of H-pyrrole nitrogens is 1. The van der Waals surface area contributed by atoms with Crippen molar-refractivity contribution >= 4 is 39.6 Å². The minimum absolute atomic E-state index is 0.270. The van der Waals surface area contributed by atoms with Crippen LogP contribution in [0.3, 0.4) is 0 Å². The van der Waals surface area contributed by atoms with Gasteiger partial charge < -0.3 is 10.7 Å². The summed E-state index contributed by atoms with van der Waals surface area (Å²) in [7, 11) is 0. The number of fused-ring (bicyclic) bond motifs is 1. The van der Waals surface area contributed by atoms with Gasteiger partial charge in [-0.15, -0.1) is 0 Å². The molecule has 0 amide bonds. The Morgan fingerprint density at radius 2 is 1.79 bits per heavy atom. The van der Waals surface area contributed by atoms with Gasteiger partial charge in [-0.05, 0) is 29.8 Å². The molecule has 0 saturated heterocycles. The third-order valence-electron chi connectivity index (χ3n) is 5.62. The van der Waals surface area contributed by atoms with E-state index >= 15 is 0 Å². The predicted molar refractivity (Wildman–Crippen MR) is 134 cm³/mol. The fourth-order valence-electron chi connectivity index (χ4n) is 3.99. The third-order valence-corrected chi connectivity index (χ3v) is 6.03. The van der Waals surface area contributed by atoms with E-state index in [1.807, 2.05) is 60.7 Å². The van der Waals surface area contributed by atoms with Gasteiger partial charge in [0.25, 0.3) is 17.2 Å². The first-order valence-electron chi connectivity index (χ1n) is 10.5. The van der Waals surface area contributed by atoms with Crippen molar-refractivity contribution < 1.29 is 13.6 Å². The van der Waals surface area contributed by atoms with Crippen molar-refractivity contribution in [3.8, 4) is 11.3 Å². The van der Waals surface area contributed by atoms with Crippen molar-refractivity contribution in [2.24, 2.45) is 0 Å². The molecule has 2 heterocycles. The molecule has 2 aromatic heterocycles. The van der Waals surface area contributed by atoms with Crippen molar-refractivity contribution in [1.29, 1.82) is 0 Å². The number of hydrogen-bond donors (Lipinski definition) is 4. The van der Waals surface area contributed by atoms with E-state index in [0.717, 1.165) is 27.6 Å². The lowest BCUT2D eigenvalue weighted by Crippen LogP contribution is -2.17. The van der Waals surface area contributed by atoms with Gasteiger partial charge in [0.15, 0.2) is 0 Å². The number of carbonyl (C=O) groups excluding carboxylic acids is 1. The summed E-state index contributed by atoms with van der Waals surface area (Å²) in [5.41, 5.74) is 11.4. The standard InChI is InChI=1S/C25H21N5O3S/c26-24-21(15-16-9-11-19(12-10-16)29-34(32)33)23(17-5-2-1-3-6-17)28-30(24)25(31)20-8-4-7-18-13-14-27-22(18)20/h1-14,27,29H,15,26H2,(H,32,33). The van der Waals surface area contributed by atoms with Crippen LogP contribution in [0.5, 0.6) is 0 Å². The molecule has 0 spiro atoms. The second-order valence-electron chi connectivity index (χ2n) is 7.77. The van der Waals surface area contributed by atoms with E-state index in [4.69, 9.17) is 10.3 Å². The Bertz CT molecular complexity index is 1510. The average molecular weight is 472 g/mol. The van der Waals surface area contributed by atoms with Gasteiger partial charge in [-0.25, -0.2) is 4.21 Å². The lowest BCUT2D eigenvalue weighted by atomic mass is 10.0. The smallest absolute Gasteiger partial charge is 0.282 e. The largest absolute Gasteiger partial charge is 0.383 e. The van der Waals surface area contributed by atoms with Crippen LogP contribution in [0.15, 0.2) is 85.1 Å². The SMILES string of the molecule is Nc1c(Cc2ccc(NS(=O)O)cc2)c(-c2ccccc2)nn1C(=O)c1cccc2cc[nH]c12. The number of para-hydroxylation sites is 1. The molecule has 0 radical (unpaired) electrons. The Morgan fingerprint density at radius 1 is 1.03 bits per heavy atom. The summed E-state index contributed by atoms with van der Waals surface area (Å²) >= 11 is -2.14. The zero-order chi connectivity index (χ0) is 23.7. The molecule has 0 aliphatic rings. The zero-order valence-corrected chi connectivity index (χ0v) is 18.8. The molecular weight excluding hydrogens is 450 g/mol. The van der Waals surface area contributed by atoms with Gasteiger partial charge >= 0.3 is 0 Å². The summed E-state index contributed by atoms with van der Waals surface area (Å²) in [5.74, 6) is -0.0509. The molecule has 0 fully saturated rings. The highest BCUT2D eigenvalue weighted by atomic mass is 32.2. The third kappa shape index (κ3) is 4.09. The molecule has 5 rings (SSSR count). The van der Waals surface area contributed by atoms with E-state index in [-0.39, 0.29) is 11.7 Å². The monoisotopic (exact) mass is 471 g/mol. The molecule has 9 heteroatoms. The van der Waals surface area contributed by atoms with E-state index in [0.29, 0.717) is 23.4 Å². The summed E-state index contributed by atoms with van der Waals surface area (Å²) < 4.78 is 23.7. The summed E-state index contributed by atoms with van der Waals surface area (Å²) in [5, 5.41) is 5.57. The molecular formula is C25H21N5O3S. The van der Waals surface area contributed by atoms with Crippen molar-refractivity contribution in [3.63, 3.8) is 0 Å². The molecule has 5 aromatic rings.